The smallest absolute Gasteiger partial charge is 0.338 e. The number of benzene rings is 1. The van der Waals surface area contributed by atoms with Gasteiger partial charge in [0.25, 0.3) is 0 Å². The van der Waals surface area contributed by atoms with Gasteiger partial charge in [0.05, 0.1) is 10.8 Å². The number of carboxylic acids is 1. The van der Waals surface area contributed by atoms with Gasteiger partial charge in [0, 0.05) is 4.47 Å². The van der Waals surface area contributed by atoms with E-state index in [4.69, 9.17) is 5.11 Å². The summed E-state index contributed by atoms with van der Waals surface area (Å²) < 4.78 is 39.8. The highest BCUT2D eigenvalue weighted by Crippen LogP contribution is 2.32. The average Bonchev–Trinajstić information content (AvgIpc) is 2.70. The van der Waals surface area contributed by atoms with E-state index < -0.39 is 37.3 Å². The molecule has 1 aliphatic carbocycles. The molecule has 1 aliphatic rings. The highest BCUT2D eigenvalue weighted by Gasteiger charge is 2.32. The van der Waals surface area contributed by atoms with Gasteiger partial charge in [0.2, 0.25) is 0 Å². The molecule has 0 bridgehead atoms. The second-order valence-corrected chi connectivity index (χ2v) is 8.34. The van der Waals surface area contributed by atoms with Crippen LogP contribution < -0.4 is 0 Å². The van der Waals surface area contributed by atoms with Gasteiger partial charge in [-0.05, 0) is 25.0 Å². The third kappa shape index (κ3) is 3.45. The summed E-state index contributed by atoms with van der Waals surface area (Å²) in [4.78, 5) is 10.5. The van der Waals surface area contributed by atoms with Gasteiger partial charge in [-0.25, -0.2) is 17.6 Å². The molecule has 21 heavy (non-hydrogen) atoms. The molecule has 0 radical (unpaired) electrons. The number of hydrogen-bond acceptors (Lipinski definition) is 3. The largest absolute Gasteiger partial charge is 0.478 e. The lowest BCUT2D eigenvalue weighted by Gasteiger charge is -2.16. The number of carbonyl (C=O) groups is 1. The van der Waals surface area contributed by atoms with Crippen LogP contribution in [-0.4, -0.2) is 24.7 Å². The molecular weight excluding hydrogens is 363 g/mol. The predicted octanol–water partition coefficient (Wildman–Crippen LogP) is 3.78. The summed E-state index contributed by atoms with van der Waals surface area (Å²) in [5.41, 5.74) is -0.628. The van der Waals surface area contributed by atoms with Crippen molar-refractivity contribution in [2.75, 3.05) is 0 Å². The zero-order chi connectivity index (χ0) is 15.6. The topological polar surface area (TPSA) is 71.4 Å². The number of carboxylic acid groups (broad SMARTS) is 1. The lowest BCUT2D eigenvalue weighted by molar-refractivity contribution is 0.0691. The van der Waals surface area contributed by atoms with E-state index in [1.807, 2.05) is 0 Å². The van der Waals surface area contributed by atoms with Gasteiger partial charge in [-0.3, -0.25) is 0 Å². The Morgan fingerprint density at radius 2 is 1.76 bits per heavy atom. The monoisotopic (exact) mass is 378 g/mol. The minimum absolute atomic E-state index is 0.244. The minimum Gasteiger partial charge on any atom is -0.478 e. The van der Waals surface area contributed by atoms with Crippen molar-refractivity contribution in [1.82, 2.24) is 0 Å². The predicted molar refractivity (Wildman–Crippen MR) is 79.7 cm³/mol. The van der Waals surface area contributed by atoms with E-state index >= 15 is 0 Å². The normalized spacial score (nSPS) is 17.4. The maximum atomic E-state index is 14.3. The van der Waals surface area contributed by atoms with Crippen LogP contribution in [0.5, 0.6) is 0 Å². The second-order valence-electron chi connectivity index (χ2n) is 5.23. The van der Waals surface area contributed by atoms with Crippen molar-refractivity contribution in [2.24, 2.45) is 0 Å². The summed E-state index contributed by atoms with van der Waals surface area (Å²) in [5.74, 6) is -2.65. The Bertz CT molecular complexity index is 649. The van der Waals surface area contributed by atoms with E-state index in [9.17, 15) is 17.6 Å². The number of halogens is 2. The maximum Gasteiger partial charge on any atom is 0.338 e. The van der Waals surface area contributed by atoms with Gasteiger partial charge >= 0.3 is 5.97 Å². The van der Waals surface area contributed by atoms with Crippen molar-refractivity contribution < 1.29 is 22.7 Å². The van der Waals surface area contributed by atoms with Crippen LogP contribution in [0.4, 0.5) is 4.39 Å². The van der Waals surface area contributed by atoms with Gasteiger partial charge in [-0.2, -0.15) is 0 Å². The molecule has 0 saturated heterocycles. The molecule has 4 nitrogen and oxygen atoms in total. The molecule has 0 unspecified atom stereocenters. The Labute approximate surface area is 131 Å². The maximum absolute atomic E-state index is 14.3. The van der Waals surface area contributed by atoms with Gasteiger partial charge in [-0.15, -0.1) is 0 Å². The van der Waals surface area contributed by atoms with Crippen molar-refractivity contribution >= 4 is 31.7 Å². The van der Waals surface area contributed by atoms with Crippen molar-refractivity contribution in [1.29, 1.82) is 0 Å². The highest BCUT2D eigenvalue weighted by molar-refractivity contribution is 9.10. The first kappa shape index (κ1) is 16.4. The van der Waals surface area contributed by atoms with Crippen LogP contribution in [0.2, 0.25) is 0 Å². The first-order valence-corrected chi connectivity index (χ1v) is 9.14. The van der Waals surface area contributed by atoms with E-state index in [0.717, 1.165) is 37.8 Å². The molecule has 0 amide bonds. The number of rotatable bonds is 3. The minimum atomic E-state index is -3.86. The van der Waals surface area contributed by atoms with E-state index in [-0.39, 0.29) is 4.47 Å². The molecule has 1 saturated carbocycles. The molecule has 1 N–H and O–H groups in total. The molecule has 0 aliphatic heterocycles. The molecule has 0 aromatic heterocycles. The molecule has 0 spiro atoms. The Balaban J connectivity index is 2.51. The average molecular weight is 379 g/mol. The number of hydrogen-bond donors (Lipinski definition) is 1. The van der Waals surface area contributed by atoms with E-state index in [1.165, 1.54) is 0 Å². The fourth-order valence-corrected chi connectivity index (χ4v) is 5.23. The summed E-state index contributed by atoms with van der Waals surface area (Å²) in [6, 6.07) is 2.23. The van der Waals surface area contributed by atoms with E-state index in [2.05, 4.69) is 15.9 Å². The molecule has 1 aromatic carbocycles. The van der Waals surface area contributed by atoms with E-state index in [1.54, 1.807) is 0 Å². The molecular formula is C14H16BrFO4S. The Morgan fingerprint density at radius 1 is 1.19 bits per heavy atom. The summed E-state index contributed by atoms with van der Waals surface area (Å²) in [5, 5.41) is 8.35. The summed E-state index contributed by atoms with van der Waals surface area (Å²) in [7, 11) is -3.86. The van der Waals surface area contributed by atoms with Crippen LogP contribution in [0.1, 0.15) is 48.9 Å². The zero-order valence-electron chi connectivity index (χ0n) is 11.3. The Kier molecular flexibility index (Phi) is 5.03. The van der Waals surface area contributed by atoms with Gasteiger partial charge in [0.1, 0.15) is 4.90 Å². The van der Waals surface area contributed by atoms with Gasteiger partial charge in [-0.1, -0.05) is 41.6 Å². The number of aromatic carboxylic acids is 1. The van der Waals surface area contributed by atoms with Crippen LogP contribution in [0.15, 0.2) is 21.5 Å². The van der Waals surface area contributed by atoms with Crippen LogP contribution in [0.25, 0.3) is 0 Å². The molecule has 1 aromatic rings. The van der Waals surface area contributed by atoms with Crippen molar-refractivity contribution in [3.05, 3.63) is 28.0 Å². The standard InChI is InChI=1S/C14H16BrFO4S/c15-9-7-11(14(17)18)13(16)12(8-9)21(19,20)10-5-3-1-2-4-6-10/h7-8,10H,1-6H2,(H,17,18). The zero-order valence-corrected chi connectivity index (χ0v) is 13.7. The SMILES string of the molecule is O=C(O)c1cc(Br)cc(S(=O)(=O)C2CCCCCC2)c1F. The summed E-state index contributed by atoms with van der Waals surface area (Å²) in [6.45, 7) is 0. The number of sulfone groups is 1. The Hall–Kier alpha value is -0.950. The third-order valence-electron chi connectivity index (χ3n) is 3.78. The fourth-order valence-electron chi connectivity index (χ4n) is 2.66. The third-order valence-corrected chi connectivity index (χ3v) is 6.50. The van der Waals surface area contributed by atoms with Crippen LogP contribution >= 0.6 is 15.9 Å². The molecule has 0 atom stereocenters. The molecule has 116 valence electrons. The summed E-state index contributed by atoms with van der Waals surface area (Å²) >= 11 is 3.05. The Morgan fingerprint density at radius 3 is 2.29 bits per heavy atom. The molecule has 2 rings (SSSR count). The second kappa shape index (κ2) is 6.44. The fraction of sp³-hybridized carbons (Fsp3) is 0.500. The van der Waals surface area contributed by atoms with Crippen LogP contribution in [0, 0.1) is 5.82 Å². The lowest BCUT2D eigenvalue weighted by atomic mass is 10.2. The lowest BCUT2D eigenvalue weighted by Crippen LogP contribution is -2.22. The first-order valence-electron chi connectivity index (χ1n) is 6.80. The van der Waals surface area contributed by atoms with Gasteiger partial charge < -0.3 is 5.11 Å². The first-order chi connectivity index (χ1) is 9.84. The molecule has 0 heterocycles. The molecule has 1 fully saturated rings. The highest BCUT2D eigenvalue weighted by atomic mass is 79.9. The van der Waals surface area contributed by atoms with Crippen LogP contribution in [-0.2, 0) is 9.84 Å². The van der Waals surface area contributed by atoms with E-state index in [0.29, 0.717) is 12.8 Å². The van der Waals surface area contributed by atoms with Crippen LogP contribution in [0.3, 0.4) is 0 Å². The van der Waals surface area contributed by atoms with Crippen molar-refractivity contribution in [3.8, 4) is 0 Å². The van der Waals surface area contributed by atoms with Crippen molar-refractivity contribution in [2.45, 2.75) is 48.7 Å². The molecule has 7 heteroatoms. The quantitative estimate of drug-likeness (QED) is 0.812. The van der Waals surface area contributed by atoms with Gasteiger partial charge in [0.15, 0.2) is 15.7 Å². The summed E-state index contributed by atoms with van der Waals surface area (Å²) in [6.07, 6.45) is 4.55. The van der Waals surface area contributed by atoms with Crippen molar-refractivity contribution in [3.63, 3.8) is 0 Å².